The molecule has 1 fully saturated rings. The Balaban J connectivity index is 1.93. The summed E-state index contributed by atoms with van der Waals surface area (Å²) in [6, 6.07) is 6.13. The molecule has 1 N–H and O–H groups in total. The Morgan fingerprint density at radius 2 is 2.10 bits per heavy atom. The summed E-state index contributed by atoms with van der Waals surface area (Å²) in [5, 5.41) is 0.535. The lowest BCUT2D eigenvalue weighted by molar-refractivity contribution is 0.287. The van der Waals surface area contributed by atoms with Crippen LogP contribution in [0.15, 0.2) is 18.2 Å². The predicted octanol–water partition coefficient (Wildman–Crippen LogP) is 2.31. The Kier molecular flexibility index (Phi) is 5.57. The summed E-state index contributed by atoms with van der Waals surface area (Å²) >= 11 is 1.69. The molecule has 0 radical (unpaired) electrons. The van der Waals surface area contributed by atoms with Gasteiger partial charge in [0, 0.05) is 31.4 Å². The zero-order valence-corrected chi connectivity index (χ0v) is 13.0. The molecule has 2 rings (SSSR count). The molecule has 108 valence electrons. The van der Waals surface area contributed by atoms with E-state index in [0.29, 0.717) is 5.25 Å². The minimum absolute atomic E-state index is 0.535. The second-order valence-electron chi connectivity index (χ2n) is 5.12. The van der Waals surface area contributed by atoms with Gasteiger partial charge in [-0.05, 0) is 24.1 Å². The molecule has 0 bridgehead atoms. The molecule has 1 aromatic heterocycles. The van der Waals surface area contributed by atoms with Gasteiger partial charge in [0.15, 0.2) is 0 Å². The van der Waals surface area contributed by atoms with Crippen LogP contribution >= 0.6 is 11.9 Å². The third kappa shape index (κ3) is 4.32. The Labute approximate surface area is 126 Å². The average molecular weight is 290 g/mol. The Morgan fingerprint density at radius 3 is 2.75 bits per heavy atom. The summed E-state index contributed by atoms with van der Waals surface area (Å²) in [6.07, 6.45) is 5.35. The average Bonchev–Trinajstić information content (AvgIpc) is 2.47. The van der Waals surface area contributed by atoms with Crippen molar-refractivity contribution in [3.63, 3.8) is 0 Å². The highest BCUT2D eigenvalue weighted by Crippen LogP contribution is 2.19. The van der Waals surface area contributed by atoms with Crippen molar-refractivity contribution in [2.75, 3.05) is 42.3 Å². The van der Waals surface area contributed by atoms with Gasteiger partial charge in [0.05, 0.1) is 6.54 Å². The normalized spacial score (nSPS) is 16.2. The summed E-state index contributed by atoms with van der Waals surface area (Å²) in [5.74, 6) is 4.67. The van der Waals surface area contributed by atoms with E-state index in [1.54, 1.807) is 11.9 Å². The van der Waals surface area contributed by atoms with E-state index >= 15 is 0 Å². The van der Waals surface area contributed by atoms with Gasteiger partial charge in [-0.15, -0.1) is 6.42 Å². The van der Waals surface area contributed by atoms with E-state index in [2.05, 4.69) is 51.4 Å². The number of piperazine rings is 1. The number of anilines is 2. The molecule has 0 spiro atoms. The first-order chi connectivity index (χ1) is 9.69. The van der Waals surface area contributed by atoms with Crippen molar-refractivity contribution in [2.24, 2.45) is 0 Å². The first-order valence-corrected chi connectivity index (χ1v) is 7.86. The minimum Gasteiger partial charge on any atom is -0.354 e. The van der Waals surface area contributed by atoms with Crippen molar-refractivity contribution in [2.45, 2.75) is 19.1 Å². The molecule has 0 unspecified atom stereocenters. The molecule has 1 saturated heterocycles. The number of nitrogens with zero attached hydrogens (tertiary/aromatic N) is 3. The van der Waals surface area contributed by atoms with E-state index in [1.165, 1.54) is 0 Å². The number of hydrogen-bond acceptors (Lipinski definition) is 5. The highest BCUT2D eigenvalue weighted by molar-refractivity contribution is 8.01. The van der Waals surface area contributed by atoms with Crippen molar-refractivity contribution >= 4 is 23.6 Å². The lowest BCUT2D eigenvalue weighted by atomic mass is 10.3. The molecule has 0 aromatic carbocycles. The largest absolute Gasteiger partial charge is 0.354 e. The van der Waals surface area contributed by atoms with Crippen LogP contribution in [0, 0.1) is 12.3 Å². The van der Waals surface area contributed by atoms with Gasteiger partial charge >= 0.3 is 0 Å². The quantitative estimate of drug-likeness (QED) is 0.664. The number of terminal acetylenes is 1. The second-order valence-corrected chi connectivity index (χ2v) is 6.50. The van der Waals surface area contributed by atoms with Gasteiger partial charge in [0.25, 0.3) is 0 Å². The Bertz CT molecular complexity index is 461. The maximum Gasteiger partial charge on any atom is 0.138 e. The summed E-state index contributed by atoms with van der Waals surface area (Å²) in [6.45, 7) is 9.03. The van der Waals surface area contributed by atoms with Crippen molar-refractivity contribution < 1.29 is 0 Å². The summed E-state index contributed by atoms with van der Waals surface area (Å²) in [4.78, 5) is 9.29. The van der Waals surface area contributed by atoms with Crippen LogP contribution in [0.5, 0.6) is 0 Å². The van der Waals surface area contributed by atoms with E-state index in [4.69, 9.17) is 6.42 Å². The van der Waals surface area contributed by atoms with Crippen LogP contribution in [0.2, 0.25) is 0 Å². The van der Waals surface area contributed by atoms with E-state index in [-0.39, 0.29) is 0 Å². The van der Waals surface area contributed by atoms with Crippen LogP contribution in [0.3, 0.4) is 0 Å². The molecule has 1 aliphatic heterocycles. The zero-order valence-electron chi connectivity index (χ0n) is 12.2. The molecule has 4 nitrogen and oxygen atoms in total. The molecule has 1 aromatic rings. The van der Waals surface area contributed by atoms with Crippen molar-refractivity contribution in [3.8, 4) is 12.3 Å². The van der Waals surface area contributed by atoms with Crippen LogP contribution in [-0.4, -0.2) is 47.9 Å². The first kappa shape index (κ1) is 15.0. The van der Waals surface area contributed by atoms with Gasteiger partial charge in [-0.25, -0.2) is 4.98 Å². The van der Waals surface area contributed by atoms with Crippen molar-refractivity contribution in [1.29, 1.82) is 0 Å². The molecule has 0 atom stereocenters. The lowest BCUT2D eigenvalue weighted by Crippen LogP contribution is -2.46. The highest BCUT2D eigenvalue weighted by atomic mass is 32.2. The van der Waals surface area contributed by atoms with E-state index in [1.807, 2.05) is 6.07 Å². The van der Waals surface area contributed by atoms with Gasteiger partial charge < -0.3 is 9.62 Å². The van der Waals surface area contributed by atoms with Crippen molar-refractivity contribution in [3.05, 3.63) is 18.2 Å². The zero-order chi connectivity index (χ0) is 14.4. The first-order valence-electron chi connectivity index (χ1n) is 6.98. The maximum atomic E-state index is 5.35. The third-order valence-electron chi connectivity index (χ3n) is 3.14. The Morgan fingerprint density at radius 1 is 1.35 bits per heavy atom. The third-order valence-corrected chi connectivity index (χ3v) is 3.94. The molecular formula is C15H22N4S. The second kappa shape index (κ2) is 7.41. The predicted molar refractivity (Wildman–Crippen MR) is 88.1 cm³/mol. The van der Waals surface area contributed by atoms with Crippen LogP contribution in [0.1, 0.15) is 13.8 Å². The summed E-state index contributed by atoms with van der Waals surface area (Å²) in [5.41, 5.74) is 0. The number of aromatic nitrogens is 1. The minimum atomic E-state index is 0.535. The fourth-order valence-corrected chi connectivity index (χ4v) is 2.57. The van der Waals surface area contributed by atoms with Gasteiger partial charge in [0.1, 0.15) is 11.6 Å². The highest BCUT2D eigenvalue weighted by Gasteiger charge is 2.17. The van der Waals surface area contributed by atoms with Crippen LogP contribution < -0.4 is 9.62 Å². The van der Waals surface area contributed by atoms with E-state index in [0.717, 1.165) is 44.4 Å². The summed E-state index contributed by atoms with van der Waals surface area (Å²) < 4.78 is 3.29. The number of rotatable bonds is 5. The number of pyridine rings is 1. The molecule has 5 heteroatoms. The van der Waals surface area contributed by atoms with Gasteiger partial charge in [-0.2, -0.15) is 0 Å². The molecule has 0 saturated carbocycles. The standard InChI is InChI=1S/C15H22N4S/c1-4-8-18-9-11-19(12-10-18)15-7-5-6-14(16-15)17-20-13(2)3/h1,5-7,13H,8-12H2,2-3H3,(H,16,17). The smallest absolute Gasteiger partial charge is 0.138 e. The van der Waals surface area contributed by atoms with Crippen molar-refractivity contribution in [1.82, 2.24) is 9.88 Å². The molecule has 0 aliphatic carbocycles. The molecular weight excluding hydrogens is 268 g/mol. The monoisotopic (exact) mass is 290 g/mol. The van der Waals surface area contributed by atoms with E-state index in [9.17, 15) is 0 Å². The molecule has 0 amide bonds. The van der Waals surface area contributed by atoms with Gasteiger partial charge in [-0.3, -0.25) is 4.90 Å². The van der Waals surface area contributed by atoms with Gasteiger partial charge in [-0.1, -0.05) is 25.8 Å². The lowest BCUT2D eigenvalue weighted by Gasteiger charge is -2.34. The SMILES string of the molecule is C#CCN1CCN(c2cccc(NSC(C)C)n2)CC1. The summed E-state index contributed by atoms with van der Waals surface area (Å²) in [7, 11) is 0. The maximum absolute atomic E-state index is 5.35. The van der Waals surface area contributed by atoms with Crippen LogP contribution in [-0.2, 0) is 0 Å². The number of nitrogens with one attached hydrogen (secondary N) is 1. The van der Waals surface area contributed by atoms with E-state index < -0.39 is 0 Å². The fraction of sp³-hybridized carbons (Fsp3) is 0.533. The fourth-order valence-electron chi connectivity index (χ4n) is 2.10. The molecule has 2 heterocycles. The molecule has 1 aliphatic rings. The Hall–Kier alpha value is -1.38. The molecule has 20 heavy (non-hydrogen) atoms. The van der Waals surface area contributed by atoms with Crippen LogP contribution in [0.4, 0.5) is 11.6 Å². The van der Waals surface area contributed by atoms with Crippen LogP contribution in [0.25, 0.3) is 0 Å². The topological polar surface area (TPSA) is 31.4 Å². The van der Waals surface area contributed by atoms with Gasteiger partial charge in [0.2, 0.25) is 0 Å². The number of hydrogen-bond donors (Lipinski definition) is 1.